The Kier molecular flexibility index (Phi) is 5.64. The fraction of sp³-hybridized carbons (Fsp3) is 0.333. The van der Waals surface area contributed by atoms with Crippen molar-refractivity contribution in [2.75, 3.05) is 18.5 Å². The van der Waals surface area contributed by atoms with Gasteiger partial charge in [0.05, 0.1) is 18.9 Å². The largest absolute Gasteiger partial charge is 0.493 e. The third-order valence-corrected chi connectivity index (χ3v) is 4.00. The number of fused-ring (bicyclic) bond motifs is 1. The van der Waals surface area contributed by atoms with Crippen LogP contribution in [0.3, 0.4) is 0 Å². The number of imidazole rings is 1. The van der Waals surface area contributed by atoms with Crippen LogP contribution in [0.2, 0.25) is 0 Å². The minimum Gasteiger partial charge on any atom is -0.493 e. The Morgan fingerprint density at radius 3 is 2.59 bits per heavy atom. The van der Waals surface area contributed by atoms with Gasteiger partial charge in [-0.25, -0.2) is 4.98 Å². The molecule has 1 aromatic carbocycles. The van der Waals surface area contributed by atoms with Gasteiger partial charge in [0, 0.05) is 11.9 Å². The second-order valence-electron chi connectivity index (χ2n) is 6.73. The van der Waals surface area contributed by atoms with Gasteiger partial charge in [-0.15, -0.1) is 0 Å². The van der Waals surface area contributed by atoms with Crippen molar-refractivity contribution in [1.29, 1.82) is 0 Å². The van der Waals surface area contributed by atoms with Crippen molar-refractivity contribution in [3.63, 3.8) is 0 Å². The van der Waals surface area contributed by atoms with Gasteiger partial charge < -0.3 is 14.8 Å². The molecule has 3 aromatic rings. The summed E-state index contributed by atoms with van der Waals surface area (Å²) in [5.74, 6) is 1.69. The first-order chi connectivity index (χ1) is 13.0. The van der Waals surface area contributed by atoms with Gasteiger partial charge in [0.1, 0.15) is 11.4 Å². The number of hydrogen-bond acceptors (Lipinski definition) is 4. The Bertz CT molecular complexity index is 930. The van der Waals surface area contributed by atoms with Crippen LogP contribution in [-0.4, -0.2) is 28.5 Å². The van der Waals surface area contributed by atoms with Crippen LogP contribution < -0.4 is 14.8 Å². The molecule has 0 bridgehead atoms. The number of aromatic nitrogens is 2. The minimum atomic E-state index is -0.218. The maximum Gasteiger partial charge on any atom is 0.274 e. The summed E-state index contributed by atoms with van der Waals surface area (Å²) in [7, 11) is 0. The smallest absolute Gasteiger partial charge is 0.274 e. The summed E-state index contributed by atoms with van der Waals surface area (Å²) in [6.45, 7) is 9.14. The summed E-state index contributed by atoms with van der Waals surface area (Å²) in [6, 6.07) is 11.1. The van der Waals surface area contributed by atoms with Crippen LogP contribution in [-0.2, 0) is 0 Å². The number of hydrogen-bond donors (Lipinski definition) is 1. The van der Waals surface area contributed by atoms with Crippen molar-refractivity contribution in [3.8, 4) is 11.5 Å². The van der Waals surface area contributed by atoms with E-state index in [4.69, 9.17) is 9.47 Å². The molecule has 1 amide bonds. The maximum absolute atomic E-state index is 12.8. The molecule has 2 aromatic heterocycles. The molecule has 27 heavy (non-hydrogen) atoms. The van der Waals surface area contributed by atoms with E-state index in [9.17, 15) is 4.79 Å². The van der Waals surface area contributed by atoms with E-state index in [0.717, 1.165) is 5.75 Å². The van der Waals surface area contributed by atoms with E-state index in [0.29, 0.717) is 47.6 Å². The van der Waals surface area contributed by atoms with Gasteiger partial charge >= 0.3 is 0 Å². The first-order valence-electron chi connectivity index (χ1n) is 9.14. The summed E-state index contributed by atoms with van der Waals surface area (Å²) in [4.78, 5) is 17.3. The fourth-order valence-electron chi connectivity index (χ4n) is 2.79. The maximum atomic E-state index is 12.8. The molecule has 0 unspecified atom stereocenters. The van der Waals surface area contributed by atoms with Gasteiger partial charge in [-0.2, -0.15) is 0 Å². The van der Waals surface area contributed by atoms with Crippen LogP contribution in [0.1, 0.15) is 37.0 Å². The molecule has 3 rings (SSSR count). The molecule has 0 fully saturated rings. The zero-order valence-corrected chi connectivity index (χ0v) is 16.2. The summed E-state index contributed by atoms with van der Waals surface area (Å²) in [6.07, 6.45) is 1.82. The first kappa shape index (κ1) is 18.8. The van der Waals surface area contributed by atoms with Gasteiger partial charge in [-0.05, 0) is 56.2 Å². The van der Waals surface area contributed by atoms with Crippen LogP contribution in [0.15, 0.2) is 42.6 Å². The van der Waals surface area contributed by atoms with Gasteiger partial charge in [0.15, 0.2) is 11.4 Å². The van der Waals surface area contributed by atoms with Crippen LogP contribution >= 0.6 is 0 Å². The SMILES string of the molecule is CCOc1cccn2c(C(=O)Nc3ccc(OCC(C)C)cc3)c(C)nc12. The number of benzene rings is 1. The second-order valence-corrected chi connectivity index (χ2v) is 6.73. The lowest BCUT2D eigenvalue weighted by atomic mass is 10.2. The lowest BCUT2D eigenvalue weighted by Crippen LogP contribution is -2.15. The van der Waals surface area contributed by atoms with Crippen molar-refractivity contribution < 1.29 is 14.3 Å². The molecule has 1 N–H and O–H groups in total. The van der Waals surface area contributed by atoms with Crippen LogP contribution in [0.4, 0.5) is 5.69 Å². The molecule has 0 spiro atoms. The van der Waals surface area contributed by atoms with Crippen LogP contribution in [0.25, 0.3) is 5.65 Å². The van der Waals surface area contributed by atoms with E-state index in [1.807, 2.05) is 56.4 Å². The van der Waals surface area contributed by atoms with Crippen LogP contribution in [0.5, 0.6) is 11.5 Å². The average molecular weight is 367 g/mol. The Labute approximate surface area is 159 Å². The number of nitrogens with zero attached hydrogens (tertiary/aromatic N) is 2. The van der Waals surface area contributed by atoms with E-state index < -0.39 is 0 Å². The van der Waals surface area contributed by atoms with E-state index in [-0.39, 0.29) is 5.91 Å². The van der Waals surface area contributed by atoms with E-state index in [2.05, 4.69) is 24.1 Å². The van der Waals surface area contributed by atoms with Gasteiger partial charge in [-0.3, -0.25) is 9.20 Å². The van der Waals surface area contributed by atoms with Crippen molar-refractivity contribution in [2.45, 2.75) is 27.7 Å². The second kappa shape index (κ2) is 8.12. The molecule has 0 aliphatic rings. The number of pyridine rings is 1. The zero-order chi connectivity index (χ0) is 19.4. The summed E-state index contributed by atoms with van der Waals surface area (Å²) in [5, 5.41) is 2.92. The lowest BCUT2D eigenvalue weighted by molar-refractivity contribution is 0.102. The predicted octanol–water partition coefficient (Wildman–Crippen LogP) is 4.33. The number of aryl methyl sites for hydroxylation is 1. The number of carbonyl (C=O) groups is 1. The third kappa shape index (κ3) is 4.22. The molecule has 0 aliphatic heterocycles. The summed E-state index contributed by atoms with van der Waals surface area (Å²) >= 11 is 0. The first-order valence-corrected chi connectivity index (χ1v) is 9.14. The molecule has 142 valence electrons. The molecule has 0 saturated carbocycles. The minimum absolute atomic E-state index is 0.218. The van der Waals surface area contributed by atoms with Crippen molar-refractivity contribution in [2.24, 2.45) is 5.92 Å². The zero-order valence-electron chi connectivity index (χ0n) is 16.2. The number of amides is 1. The Hall–Kier alpha value is -3.02. The Morgan fingerprint density at radius 2 is 1.93 bits per heavy atom. The summed E-state index contributed by atoms with van der Waals surface area (Å²) < 4.78 is 13.0. The topological polar surface area (TPSA) is 64.9 Å². The molecule has 0 atom stereocenters. The number of ether oxygens (including phenoxy) is 2. The highest BCUT2D eigenvalue weighted by atomic mass is 16.5. The van der Waals surface area contributed by atoms with Gasteiger partial charge in [-0.1, -0.05) is 13.8 Å². The van der Waals surface area contributed by atoms with Gasteiger partial charge in [0.25, 0.3) is 5.91 Å². The number of rotatable bonds is 7. The molecule has 6 heteroatoms. The van der Waals surface area contributed by atoms with Crippen molar-refractivity contribution in [1.82, 2.24) is 9.38 Å². The average Bonchev–Trinajstić information content (AvgIpc) is 2.98. The lowest BCUT2D eigenvalue weighted by Gasteiger charge is -2.10. The molecule has 2 heterocycles. The standard InChI is InChI=1S/C21H25N3O3/c1-5-26-18-7-6-12-24-19(15(4)22-20(18)24)21(25)23-16-8-10-17(11-9-16)27-13-14(2)3/h6-12,14H,5,13H2,1-4H3,(H,23,25). The molecular weight excluding hydrogens is 342 g/mol. The highest BCUT2D eigenvalue weighted by molar-refractivity contribution is 6.04. The molecule has 0 saturated heterocycles. The third-order valence-electron chi connectivity index (χ3n) is 4.00. The Morgan fingerprint density at radius 1 is 1.19 bits per heavy atom. The monoisotopic (exact) mass is 367 g/mol. The van der Waals surface area contributed by atoms with Crippen LogP contribution in [0, 0.1) is 12.8 Å². The van der Waals surface area contributed by atoms with E-state index in [1.165, 1.54) is 0 Å². The molecule has 0 aliphatic carbocycles. The number of anilines is 1. The quantitative estimate of drug-likeness (QED) is 0.675. The van der Waals surface area contributed by atoms with E-state index >= 15 is 0 Å². The normalized spacial score (nSPS) is 11.0. The predicted molar refractivity (Wildman–Crippen MR) is 106 cm³/mol. The number of carbonyl (C=O) groups excluding carboxylic acids is 1. The van der Waals surface area contributed by atoms with Gasteiger partial charge in [0.2, 0.25) is 0 Å². The van der Waals surface area contributed by atoms with Crippen molar-refractivity contribution >= 4 is 17.2 Å². The highest BCUT2D eigenvalue weighted by Crippen LogP contribution is 2.23. The number of nitrogens with one attached hydrogen (secondary N) is 1. The Balaban J connectivity index is 1.80. The summed E-state index contributed by atoms with van der Waals surface area (Å²) in [5.41, 5.74) is 2.48. The fourth-order valence-corrected chi connectivity index (χ4v) is 2.79. The van der Waals surface area contributed by atoms with Crippen molar-refractivity contribution in [3.05, 3.63) is 54.0 Å². The highest BCUT2D eigenvalue weighted by Gasteiger charge is 2.19. The van der Waals surface area contributed by atoms with E-state index in [1.54, 1.807) is 4.40 Å². The molecule has 6 nitrogen and oxygen atoms in total. The molecular formula is C21H25N3O3. The molecule has 0 radical (unpaired) electrons.